The molecule has 1 saturated carbocycles. The summed E-state index contributed by atoms with van der Waals surface area (Å²) in [7, 11) is 0. The van der Waals surface area contributed by atoms with Gasteiger partial charge in [0.15, 0.2) is 0 Å². The number of nitrogens with zero attached hydrogens (tertiary/aromatic N) is 2. The first-order valence-corrected chi connectivity index (χ1v) is 11.4. The summed E-state index contributed by atoms with van der Waals surface area (Å²) in [6.07, 6.45) is 9.85. The average molecular weight is 422 g/mol. The second-order valence-electron chi connectivity index (χ2n) is 9.61. The molecule has 0 bridgehead atoms. The first kappa shape index (κ1) is 23.0. The van der Waals surface area contributed by atoms with Crippen molar-refractivity contribution in [3.63, 3.8) is 0 Å². The van der Waals surface area contributed by atoms with E-state index in [0.29, 0.717) is 0 Å². The van der Waals surface area contributed by atoms with E-state index in [9.17, 15) is 9.59 Å². The molecule has 0 aliphatic heterocycles. The molecule has 2 atom stereocenters. The first-order valence-electron chi connectivity index (χ1n) is 11.4. The number of nitrogens with one attached hydrogen (secondary N) is 1. The zero-order valence-electron chi connectivity index (χ0n) is 19.2. The zero-order valence-corrected chi connectivity index (χ0v) is 19.2. The van der Waals surface area contributed by atoms with E-state index in [1.807, 2.05) is 36.1 Å². The highest BCUT2D eigenvalue weighted by Crippen LogP contribution is 2.32. The maximum absolute atomic E-state index is 13.6. The Balaban J connectivity index is 1.99. The fraction of sp³-hybridized carbons (Fsp3) is 0.500. The van der Waals surface area contributed by atoms with E-state index in [4.69, 9.17) is 0 Å². The van der Waals surface area contributed by atoms with E-state index in [1.54, 1.807) is 12.4 Å². The molecule has 0 spiro atoms. The van der Waals surface area contributed by atoms with Crippen molar-refractivity contribution in [2.24, 2.45) is 0 Å². The number of benzene rings is 1. The molecule has 1 amide bonds. The number of carbonyl (C=O) groups is 2. The van der Waals surface area contributed by atoms with E-state index >= 15 is 0 Å². The highest BCUT2D eigenvalue weighted by molar-refractivity contribution is 5.88. The molecule has 0 radical (unpaired) electrons. The van der Waals surface area contributed by atoms with Gasteiger partial charge in [0.2, 0.25) is 5.91 Å². The van der Waals surface area contributed by atoms with Crippen LogP contribution in [0.1, 0.15) is 77.0 Å². The Kier molecular flexibility index (Phi) is 7.47. The summed E-state index contributed by atoms with van der Waals surface area (Å²) < 4.78 is 0. The maximum atomic E-state index is 13.6. The lowest BCUT2D eigenvalue weighted by Gasteiger charge is -2.37. The largest absolute Gasteiger partial charge is 0.351 e. The number of hydrogen-bond donors (Lipinski definition) is 1. The van der Waals surface area contributed by atoms with E-state index in [1.165, 1.54) is 12.0 Å². The molecule has 0 saturated heterocycles. The molecular formula is C26H35N3O2. The van der Waals surface area contributed by atoms with Gasteiger partial charge in [-0.3, -0.25) is 9.78 Å². The smallest absolute Gasteiger partial charge is 0.247 e. The molecule has 5 nitrogen and oxygen atoms in total. The third-order valence-electron chi connectivity index (χ3n) is 6.15. The molecule has 1 heterocycles. The Labute approximate surface area is 186 Å². The molecule has 5 heteroatoms. The normalized spacial score (nSPS) is 16.9. The molecular weight excluding hydrogens is 386 g/mol. The number of carbonyl (C=O) groups excluding carboxylic acids is 2. The molecule has 3 rings (SSSR count). The number of pyridine rings is 1. The highest BCUT2D eigenvalue weighted by atomic mass is 16.2. The minimum absolute atomic E-state index is 0.0285. The van der Waals surface area contributed by atoms with Gasteiger partial charge in [0.05, 0.1) is 6.04 Å². The molecule has 1 aromatic carbocycles. The molecule has 1 N–H and O–H groups in total. The number of rotatable bonds is 7. The van der Waals surface area contributed by atoms with Gasteiger partial charge in [0, 0.05) is 29.7 Å². The molecule has 1 aliphatic rings. The predicted molar refractivity (Wildman–Crippen MR) is 125 cm³/mol. The number of anilines is 1. The third kappa shape index (κ3) is 5.72. The van der Waals surface area contributed by atoms with Crippen LogP contribution in [0.4, 0.5) is 5.69 Å². The summed E-state index contributed by atoms with van der Waals surface area (Å²) in [4.78, 5) is 31.6. The van der Waals surface area contributed by atoms with E-state index in [2.05, 4.69) is 43.2 Å². The number of hydrogen-bond acceptors (Lipinski definition) is 4. The highest BCUT2D eigenvalue weighted by Gasteiger charge is 2.33. The van der Waals surface area contributed by atoms with Crippen molar-refractivity contribution in [2.45, 2.75) is 83.3 Å². The van der Waals surface area contributed by atoms with E-state index in [-0.39, 0.29) is 17.4 Å². The van der Waals surface area contributed by atoms with Crippen molar-refractivity contribution in [1.82, 2.24) is 10.3 Å². The van der Waals surface area contributed by atoms with Crippen LogP contribution in [0.15, 0.2) is 48.8 Å². The summed E-state index contributed by atoms with van der Waals surface area (Å²) in [5.41, 5.74) is 2.87. The molecule has 31 heavy (non-hydrogen) atoms. The van der Waals surface area contributed by atoms with Gasteiger partial charge < -0.3 is 15.0 Å². The quantitative estimate of drug-likeness (QED) is 0.642. The van der Waals surface area contributed by atoms with Crippen molar-refractivity contribution in [2.75, 3.05) is 4.90 Å². The minimum atomic E-state index is -0.628. The van der Waals surface area contributed by atoms with Gasteiger partial charge in [0.25, 0.3) is 0 Å². The molecule has 2 unspecified atom stereocenters. The summed E-state index contributed by atoms with van der Waals surface area (Å²) in [5, 5.41) is 3.26. The van der Waals surface area contributed by atoms with Gasteiger partial charge in [-0.15, -0.1) is 0 Å². The van der Waals surface area contributed by atoms with Gasteiger partial charge in [-0.25, -0.2) is 0 Å². The van der Waals surface area contributed by atoms with Crippen LogP contribution in [0.5, 0.6) is 0 Å². The second-order valence-corrected chi connectivity index (χ2v) is 9.61. The first-order chi connectivity index (χ1) is 14.8. The molecule has 166 valence electrons. The standard InChI is InChI=1S/C26H35N3O2/c1-19(18-30)29(23-14-12-21(13-15-23)26(2,3)4)24(20-9-8-16-27-17-20)25(31)28-22-10-6-5-7-11-22/h8-9,12-19,22,24H,5-7,10-11H2,1-4H3,(H,28,31). The SMILES string of the molecule is CC(C=O)N(c1ccc(C(C)(C)C)cc1)C(C(=O)NC1CCCCC1)c1cccnc1. The number of aromatic nitrogens is 1. The fourth-order valence-electron chi connectivity index (χ4n) is 4.32. The van der Waals surface area contributed by atoms with Gasteiger partial charge in [-0.2, -0.15) is 0 Å². The lowest BCUT2D eigenvalue weighted by molar-refractivity contribution is -0.123. The van der Waals surface area contributed by atoms with Crippen LogP contribution >= 0.6 is 0 Å². The van der Waals surface area contributed by atoms with Crippen molar-refractivity contribution in [3.05, 3.63) is 59.9 Å². The van der Waals surface area contributed by atoms with E-state index < -0.39 is 12.1 Å². The maximum Gasteiger partial charge on any atom is 0.247 e. The number of aldehydes is 1. The van der Waals surface area contributed by atoms with Crippen molar-refractivity contribution in [3.8, 4) is 0 Å². The monoisotopic (exact) mass is 421 g/mol. The van der Waals surface area contributed by atoms with Crippen LogP contribution in [0.3, 0.4) is 0 Å². The average Bonchev–Trinajstić information content (AvgIpc) is 2.77. The lowest BCUT2D eigenvalue weighted by atomic mass is 9.87. The van der Waals surface area contributed by atoms with Crippen LogP contribution in [-0.2, 0) is 15.0 Å². The Morgan fingerprint density at radius 1 is 1.13 bits per heavy atom. The van der Waals surface area contributed by atoms with Crippen LogP contribution < -0.4 is 10.2 Å². The van der Waals surface area contributed by atoms with Crippen LogP contribution in [-0.4, -0.2) is 29.3 Å². The Morgan fingerprint density at radius 3 is 2.35 bits per heavy atom. The van der Waals surface area contributed by atoms with Crippen LogP contribution in [0.2, 0.25) is 0 Å². The molecule has 1 aliphatic carbocycles. The summed E-state index contributed by atoms with van der Waals surface area (Å²) in [5.74, 6) is -0.0755. The lowest BCUT2D eigenvalue weighted by Crippen LogP contribution is -2.48. The van der Waals surface area contributed by atoms with Crippen molar-refractivity contribution >= 4 is 17.9 Å². The summed E-state index contributed by atoms with van der Waals surface area (Å²) in [6.45, 7) is 8.35. The number of amides is 1. The zero-order chi connectivity index (χ0) is 22.4. The molecule has 2 aromatic rings. The Morgan fingerprint density at radius 2 is 1.81 bits per heavy atom. The third-order valence-corrected chi connectivity index (χ3v) is 6.15. The minimum Gasteiger partial charge on any atom is -0.351 e. The molecule has 1 fully saturated rings. The van der Waals surface area contributed by atoms with Gasteiger partial charge in [0.1, 0.15) is 12.3 Å². The molecule has 1 aromatic heterocycles. The topological polar surface area (TPSA) is 62.3 Å². The summed E-state index contributed by atoms with van der Waals surface area (Å²) in [6, 6.07) is 11.0. The van der Waals surface area contributed by atoms with Crippen LogP contribution in [0.25, 0.3) is 0 Å². The summed E-state index contributed by atoms with van der Waals surface area (Å²) >= 11 is 0. The van der Waals surface area contributed by atoms with E-state index in [0.717, 1.165) is 43.2 Å². The van der Waals surface area contributed by atoms with Gasteiger partial charge in [-0.05, 0) is 48.9 Å². The van der Waals surface area contributed by atoms with Crippen LogP contribution in [0, 0.1) is 0 Å². The fourth-order valence-corrected chi connectivity index (χ4v) is 4.32. The second kappa shape index (κ2) is 10.1. The van der Waals surface area contributed by atoms with Gasteiger partial charge in [-0.1, -0.05) is 58.2 Å². The van der Waals surface area contributed by atoms with Gasteiger partial charge >= 0.3 is 0 Å². The van der Waals surface area contributed by atoms with Crippen molar-refractivity contribution in [1.29, 1.82) is 0 Å². The van der Waals surface area contributed by atoms with Crippen molar-refractivity contribution < 1.29 is 9.59 Å². The Bertz CT molecular complexity index is 852. The Hall–Kier alpha value is -2.69. The predicted octanol–water partition coefficient (Wildman–Crippen LogP) is 4.96.